The molecular weight excluding hydrogens is 627 g/mol. The Labute approximate surface area is 304 Å². The largest absolute Gasteiger partial charge is 0.310 e. The van der Waals surface area contributed by atoms with Crippen LogP contribution < -0.4 is 4.90 Å². The monoisotopic (exact) mass is 661 g/mol. The van der Waals surface area contributed by atoms with Crippen molar-refractivity contribution >= 4 is 49.4 Å². The maximum absolute atomic E-state index is 2.53. The first-order valence-electron chi connectivity index (χ1n) is 18.3. The van der Waals surface area contributed by atoms with Crippen LogP contribution in [0.15, 0.2) is 176 Å². The van der Waals surface area contributed by atoms with E-state index in [0.717, 1.165) is 11.4 Å². The van der Waals surface area contributed by atoms with Crippen molar-refractivity contribution in [3.63, 3.8) is 0 Å². The third kappa shape index (κ3) is 3.72. The van der Waals surface area contributed by atoms with Gasteiger partial charge in [-0.1, -0.05) is 146 Å². The molecule has 0 atom stereocenters. The summed E-state index contributed by atoms with van der Waals surface area (Å²) < 4.78 is 0. The zero-order valence-corrected chi connectivity index (χ0v) is 29.2. The zero-order chi connectivity index (χ0) is 34.6. The molecule has 11 rings (SSSR count). The van der Waals surface area contributed by atoms with E-state index in [1.54, 1.807) is 0 Å². The van der Waals surface area contributed by atoms with E-state index in [4.69, 9.17) is 0 Å². The van der Waals surface area contributed by atoms with Crippen molar-refractivity contribution in [2.45, 2.75) is 19.3 Å². The van der Waals surface area contributed by atoms with Crippen molar-refractivity contribution in [2.75, 3.05) is 4.90 Å². The van der Waals surface area contributed by atoms with Crippen LogP contribution in [0, 0.1) is 13.8 Å². The summed E-state index contributed by atoms with van der Waals surface area (Å²) in [4.78, 5) is 2.47. The number of rotatable bonds is 3. The summed E-state index contributed by atoms with van der Waals surface area (Å²) in [6, 6.07) is 65.9. The van der Waals surface area contributed by atoms with E-state index in [0.29, 0.717) is 0 Å². The van der Waals surface area contributed by atoms with Crippen LogP contribution in [0.1, 0.15) is 33.4 Å². The molecule has 0 amide bonds. The minimum Gasteiger partial charge on any atom is -0.310 e. The fraction of sp³-hybridized carbons (Fsp3) is 0.0588. The molecule has 0 fully saturated rings. The quantitative estimate of drug-likeness (QED) is 0.170. The van der Waals surface area contributed by atoms with Gasteiger partial charge in [0.2, 0.25) is 0 Å². The van der Waals surface area contributed by atoms with Gasteiger partial charge in [-0.3, -0.25) is 0 Å². The van der Waals surface area contributed by atoms with Crippen molar-refractivity contribution in [2.24, 2.45) is 0 Å². The highest BCUT2D eigenvalue weighted by Crippen LogP contribution is 2.67. The minimum absolute atomic E-state index is 0.502. The average Bonchev–Trinajstić information content (AvgIpc) is 3.68. The highest BCUT2D eigenvalue weighted by atomic mass is 15.1. The minimum atomic E-state index is -0.502. The number of fused-ring (bicyclic) bond motifs is 17. The number of nitrogens with zero attached hydrogens (tertiary/aromatic N) is 1. The molecule has 1 nitrogen and oxygen atoms in total. The predicted molar refractivity (Wildman–Crippen MR) is 219 cm³/mol. The molecule has 1 spiro atoms. The molecule has 0 bridgehead atoms. The molecule has 2 aliphatic rings. The van der Waals surface area contributed by atoms with Gasteiger partial charge in [-0.15, -0.1) is 0 Å². The maximum Gasteiger partial charge on any atom is 0.0737 e. The van der Waals surface area contributed by atoms with Crippen LogP contribution in [0.25, 0.3) is 54.6 Å². The van der Waals surface area contributed by atoms with Crippen molar-refractivity contribution in [3.8, 4) is 22.3 Å². The Balaban J connectivity index is 1.38. The van der Waals surface area contributed by atoms with E-state index in [1.807, 2.05) is 0 Å². The molecule has 0 saturated heterocycles. The summed E-state index contributed by atoms with van der Waals surface area (Å²) in [7, 11) is 0. The molecule has 0 N–H and O–H groups in total. The molecule has 244 valence electrons. The first kappa shape index (κ1) is 29.3. The Morgan fingerprint density at radius 3 is 1.54 bits per heavy atom. The van der Waals surface area contributed by atoms with Crippen LogP contribution in [0.4, 0.5) is 17.1 Å². The van der Waals surface area contributed by atoms with Gasteiger partial charge in [-0.25, -0.2) is 0 Å². The summed E-state index contributed by atoms with van der Waals surface area (Å²) in [5, 5.41) is 7.75. The molecular formula is C51H35N. The Bertz CT molecular complexity index is 2890. The van der Waals surface area contributed by atoms with E-state index in [-0.39, 0.29) is 0 Å². The Hall–Kier alpha value is -6.44. The lowest BCUT2D eigenvalue weighted by Gasteiger charge is -2.33. The third-order valence-corrected chi connectivity index (χ3v) is 11.9. The lowest BCUT2D eigenvalue weighted by Crippen LogP contribution is -2.26. The van der Waals surface area contributed by atoms with E-state index >= 15 is 0 Å². The lowest BCUT2D eigenvalue weighted by atomic mass is 9.68. The van der Waals surface area contributed by atoms with Crippen LogP contribution >= 0.6 is 0 Å². The highest BCUT2D eigenvalue weighted by molar-refractivity contribution is 6.22. The third-order valence-electron chi connectivity index (χ3n) is 11.9. The maximum atomic E-state index is 2.53. The van der Waals surface area contributed by atoms with Gasteiger partial charge in [-0.2, -0.15) is 0 Å². The number of benzene rings is 9. The second-order valence-corrected chi connectivity index (χ2v) is 14.5. The fourth-order valence-electron chi connectivity index (χ4n) is 9.72. The van der Waals surface area contributed by atoms with Crippen LogP contribution in [0.5, 0.6) is 0 Å². The second-order valence-electron chi connectivity index (χ2n) is 14.5. The molecule has 0 heterocycles. The van der Waals surface area contributed by atoms with Crippen LogP contribution in [0.3, 0.4) is 0 Å². The molecule has 0 saturated carbocycles. The first-order chi connectivity index (χ1) is 25.7. The normalized spacial score (nSPS) is 13.3. The second kappa shape index (κ2) is 10.8. The van der Waals surface area contributed by atoms with E-state index in [9.17, 15) is 0 Å². The summed E-state index contributed by atoms with van der Waals surface area (Å²) in [5.41, 5.74) is 16.4. The zero-order valence-electron chi connectivity index (χ0n) is 29.2. The van der Waals surface area contributed by atoms with E-state index < -0.39 is 5.41 Å². The number of aryl methyl sites for hydroxylation is 2. The van der Waals surface area contributed by atoms with Gasteiger partial charge in [0.05, 0.1) is 11.1 Å². The highest BCUT2D eigenvalue weighted by Gasteiger charge is 2.54. The van der Waals surface area contributed by atoms with Crippen LogP contribution in [0.2, 0.25) is 0 Å². The topological polar surface area (TPSA) is 3.24 Å². The first-order valence-corrected chi connectivity index (χ1v) is 18.3. The Morgan fingerprint density at radius 2 is 0.885 bits per heavy atom. The van der Waals surface area contributed by atoms with Gasteiger partial charge in [0.25, 0.3) is 0 Å². The number of anilines is 3. The fourth-order valence-corrected chi connectivity index (χ4v) is 9.72. The molecule has 0 aliphatic heterocycles. The molecule has 2 aliphatic carbocycles. The van der Waals surface area contributed by atoms with Crippen molar-refractivity contribution < 1.29 is 0 Å². The standard InChI is InChI=1S/C51H35N/c1-32-28-29-35(30-33(32)2)52(34-16-4-3-5-17-34)47-31-44-48-41-23-9-6-18-36(41)37-19-7-10-24-42(37)50(48)51(49(44)43-25-11-8-22-40(43)47)45-26-14-12-20-38(45)39-21-13-15-27-46(39)51/h3-31H,1-2H3. The van der Waals surface area contributed by atoms with Gasteiger partial charge in [0, 0.05) is 16.8 Å². The number of hydrogen-bond acceptors (Lipinski definition) is 1. The van der Waals surface area contributed by atoms with Gasteiger partial charge in [0.15, 0.2) is 0 Å². The summed E-state index contributed by atoms with van der Waals surface area (Å²) in [5.74, 6) is 0. The molecule has 1 heteroatoms. The smallest absolute Gasteiger partial charge is 0.0737 e. The summed E-state index contributed by atoms with van der Waals surface area (Å²) in [6.45, 7) is 4.41. The van der Waals surface area contributed by atoms with Crippen LogP contribution in [-0.2, 0) is 5.41 Å². The number of para-hydroxylation sites is 1. The van der Waals surface area contributed by atoms with Crippen LogP contribution in [-0.4, -0.2) is 0 Å². The van der Waals surface area contributed by atoms with Gasteiger partial charge in [0.1, 0.15) is 0 Å². The van der Waals surface area contributed by atoms with Crippen molar-refractivity contribution in [3.05, 3.63) is 209 Å². The summed E-state index contributed by atoms with van der Waals surface area (Å²) in [6.07, 6.45) is 0. The molecule has 0 aromatic heterocycles. The number of hydrogen-bond donors (Lipinski definition) is 0. The molecule has 52 heavy (non-hydrogen) atoms. The Morgan fingerprint density at radius 1 is 0.365 bits per heavy atom. The lowest BCUT2D eigenvalue weighted by molar-refractivity contribution is 0.809. The summed E-state index contributed by atoms with van der Waals surface area (Å²) >= 11 is 0. The van der Waals surface area contributed by atoms with Crippen molar-refractivity contribution in [1.82, 2.24) is 0 Å². The van der Waals surface area contributed by atoms with Crippen molar-refractivity contribution in [1.29, 1.82) is 0 Å². The molecule has 0 unspecified atom stereocenters. The molecule has 0 radical (unpaired) electrons. The van der Waals surface area contributed by atoms with Gasteiger partial charge >= 0.3 is 0 Å². The predicted octanol–water partition coefficient (Wildman–Crippen LogP) is 13.6. The molecule has 9 aromatic rings. The van der Waals surface area contributed by atoms with E-state index in [1.165, 1.54) is 93.6 Å². The van der Waals surface area contributed by atoms with Gasteiger partial charge in [-0.05, 0) is 127 Å². The SMILES string of the molecule is Cc1ccc(N(c2ccccc2)c2cc3c(c4ccccc24)C2(c4ccccc4-c4ccccc42)c2c-3c3ccccc3c3ccccc23)cc1C. The van der Waals surface area contributed by atoms with Gasteiger partial charge < -0.3 is 4.90 Å². The Kier molecular flexibility index (Phi) is 6.08. The van der Waals surface area contributed by atoms with E-state index in [2.05, 4.69) is 195 Å². The molecule has 9 aromatic carbocycles. The average molecular weight is 662 g/mol.